The molecular weight excluding hydrogens is 258 g/mol. The van der Waals surface area contributed by atoms with Crippen molar-refractivity contribution >= 4 is 0 Å². The van der Waals surface area contributed by atoms with Crippen LogP contribution in [0.5, 0.6) is 5.75 Å². The van der Waals surface area contributed by atoms with Gasteiger partial charge in [-0.25, -0.2) is 0 Å². The highest BCUT2D eigenvalue weighted by atomic mass is 16.5. The maximum absolute atomic E-state index is 6.01. The summed E-state index contributed by atoms with van der Waals surface area (Å²) in [7, 11) is 0. The molecule has 0 amide bonds. The van der Waals surface area contributed by atoms with Gasteiger partial charge in [-0.15, -0.1) is 0 Å². The van der Waals surface area contributed by atoms with E-state index in [1.807, 2.05) is 24.3 Å². The van der Waals surface area contributed by atoms with E-state index in [2.05, 4.69) is 45.0 Å². The van der Waals surface area contributed by atoms with Crippen LogP contribution < -0.4 is 10.5 Å². The first-order chi connectivity index (χ1) is 10.1. The SMILES string of the molecule is CCC(N)c1ccc(OCc2ccc(C(C)C)cc2)cc1. The summed E-state index contributed by atoms with van der Waals surface area (Å²) in [5.41, 5.74) is 9.71. The molecule has 1 atom stereocenters. The van der Waals surface area contributed by atoms with E-state index in [0.717, 1.165) is 17.7 Å². The maximum atomic E-state index is 6.01. The van der Waals surface area contributed by atoms with Crippen LogP contribution in [-0.4, -0.2) is 0 Å². The number of rotatable bonds is 6. The van der Waals surface area contributed by atoms with Crippen LogP contribution in [0.3, 0.4) is 0 Å². The van der Waals surface area contributed by atoms with Gasteiger partial charge < -0.3 is 10.5 Å². The Morgan fingerprint density at radius 3 is 2.00 bits per heavy atom. The van der Waals surface area contributed by atoms with Crippen molar-refractivity contribution in [2.24, 2.45) is 5.73 Å². The van der Waals surface area contributed by atoms with Gasteiger partial charge in [0.05, 0.1) is 0 Å². The monoisotopic (exact) mass is 283 g/mol. The van der Waals surface area contributed by atoms with Gasteiger partial charge in [-0.1, -0.05) is 57.2 Å². The van der Waals surface area contributed by atoms with Crippen LogP contribution in [0.2, 0.25) is 0 Å². The molecule has 112 valence electrons. The lowest BCUT2D eigenvalue weighted by atomic mass is 10.0. The summed E-state index contributed by atoms with van der Waals surface area (Å²) in [5, 5.41) is 0. The smallest absolute Gasteiger partial charge is 0.119 e. The minimum Gasteiger partial charge on any atom is -0.489 e. The summed E-state index contributed by atoms with van der Waals surface area (Å²) in [4.78, 5) is 0. The minimum absolute atomic E-state index is 0.114. The average molecular weight is 283 g/mol. The Balaban J connectivity index is 1.93. The van der Waals surface area contributed by atoms with Gasteiger partial charge in [0.1, 0.15) is 12.4 Å². The van der Waals surface area contributed by atoms with Gasteiger partial charge in [0.15, 0.2) is 0 Å². The topological polar surface area (TPSA) is 35.2 Å². The summed E-state index contributed by atoms with van der Waals surface area (Å²) in [6.45, 7) is 7.09. The molecule has 1 unspecified atom stereocenters. The predicted octanol–water partition coefficient (Wildman–Crippen LogP) is 4.80. The summed E-state index contributed by atoms with van der Waals surface area (Å²) in [6.07, 6.45) is 0.947. The molecule has 0 aliphatic carbocycles. The van der Waals surface area contributed by atoms with E-state index in [9.17, 15) is 0 Å². The van der Waals surface area contributed by atoms with E-state index < -0.39 is 0 Å². The summed E-state index contributed by atoms with van der Waals surface area (Å²) < 4.78 is 5.82. The van der Waals surface area contributed by atoms with Gasteiger partial charge in [-0.3, -0.25) is 0 Å². The van der Waals surface area contributed by atoms with Crippen LogP contribution in [0, 0.1) is 0 Å². The van der Waals surface area contributed by atoms with Crippen molar-refractivity contribution in [1.29, 1.82) is 0 Å². The zero-order chi connectivity index (χ0) is 15.2. The van der Waals surface area contributed by atoms with Crippen molar-refractivity contribution in [3.8, 4) is 5.75 Å². The Labute approximate surface area is 127 Å². The summed E-state index contributed by atoms with van der Waals surface area (Å²) >= 11 is 0. The second-order valence-electron chi connectivity index (χ2n) is 5.77. The van der Waals surface area contributed by atoms with Crippen LogP contribution in [-0.2, 0) is 6.61 Å². The molecule has 0 fully saturated rings. The molecule has 0 saturated heterocycles. The number of benzene rings is 2. The Morgan fingerprint density at radius 1 is 0.905 bits per heavy atom. The molecule has 2 N–H and O–H groups in total. The number of ether oxygens (including phenoxy) is 1. The van der Waals surface area contributed by atoms with E-state index in [0.29, 0.717) is 12.5 Å². The quantitative estimate of drug-likeness (QED) is 0.826. The molecule has 2 rings (SSSR count). The molecule has 0 spiro atoms. The third kappa shape index (κ3) is 4.33. The largest absolute Gasteiger partial charge is 0.489 e. The van der Waals surface area contributed by atoms with Crippen molar-refractivity contribution in [1.82, 2.24) is 0 Å². The standard InChI is InChI=1S/C19H25NO/c1-4-19(20)17-9-11-18(12-10-17)21-13-15-5-7-16(8-6-15)14(2)3/h5-12,14,19H,4,13,20H2,1-3H3. The Morgan fingerprint density at radius 2 is 1.48 bits per heavy atom. The molecule has 0 aliphatic heterocycles. The zero-order valence-corrected chi connectivity index (χ0v) is 13.2. The normalized spacial score (nSPS) is 12.4. The Hall–Kier alpha value is -1.80. The lowest BCUT2D eigenvalue weighted by Crippen LogP contribution is -2.08. The van der Waals surface area contributed by atoms with Crippen LogP contribution in [0.15, 0.2) is 48.5 Å². The van der Waals surface area contributed by atoms with Crippen LogP contribution in [0.4, 0.5) is 0 Å². The average Bonchev–Trinajstić information content (AvgIpc) is 2.53. The first-order valence-electron chi connectivity index (χ1n) is 7.67. The highest BCUT2D eigenvalue weighted by molar-refractivity contribution is 5.30. The molecule has 2 aromatic carbocycles. The van der Waals surface area contributed by atoms with Crippen LogP contribution in [0.1, 0.15) is 55.8 Å². The second-order valence-corrected chi connectivity index (χ2v) is 5.77. The third-order valence-corrected chi connectivity index (χ3v) is 3.80. The molecule has 0 radical (unpaired) electrons. The fraction of sp³-hybridized carbons (Fsp3) is 0.368. The molecule has 2 aromatic rings. The van der Waals surface area contributed by atoms with Gasteiger partial charge in [-0.05, 0) is 41.2 Å². The molecule has 2 heteroatoms. The zero-order valence-electron chi connectivity index (χ0n) is 13.2. The fourth-order valence-corrected chi connectivity index (χ4v) is 2.21. The molecule has 0 aliphatic rings. The maximum Gasteiger partial charge on any atom is 0.119 e. The minimum atomic E-state index is 0.114. The lowest BCUT2D eigenvalue weighted by molar-refractivity contribution is 0.306. The van der Waals surface area contributed by atoms with E-state index in [-0.39, 0.29) is 6.04 Å². The van der Waals surface area contributed by atoms with Crippen LogP contribution >= 0.6 is 0 Å². The molecule has 2 nitrogen and oxygen atoms in total. The van der Waals surface area contributed by atoms with Crippen molar-refractivity contribution in [2.45, 2.75) is 45.8 Å². The van der Waals surface area contributed by atoms with Gasteiger partial charge in [-0.2, -0.15) is 0 Å². The first kappa shape index (κ1) is 15.6. The van der Waals surface area contributed by atoms with E-state index in [1.54, 1.807) is 0 Å². The van der Waals surface area contributed by atoms with Gasteiger partial charge in [0, 0.05) is 6.04 Å². The van der Waals surface area contributed by atoms with Gasteiger partial charge in [0.2, 0.25) is 0 Å². The predicted molar refractivity (Wildman–Crippen MR) is 88.5 cm³/mol. The van der Waals surface area contributed by atoms with E-state index in [1.165, 1.54) is 11.1 Å². The van der Waals surface area contributed by atoms with Crippen molar-refractivity contribution in [3.05, 3.63) is 65.2 Å². The Kier molecular flexibility index (Phi) is 5.40. The second kappa shape index (κ2) is 7.28. The van der Waals surface area contributed by atoms with Gasteiger partial charge in [0.25, 0.3) is 0 Å². The molecule has 0 aromatic heterocycles. The molecule has 0 bridgehead atoms. The summed E-state index contributed by atoms with van der Waals surface area (Å²) in [6, 6.07) is 16.8. The lowest BCUT2D eigenvalue weighted by Gasteiger charge is -2.11. The first-order valence-corrected chi connectivity index (χ1v) is 7.67. The fourth-order valence-electron chi connectivity index (χ4n) is 2.21. The van der Waals surface area contributed by atoms with E-state index in [4.69, 9.17) is 10.5 Å². The Bertz CT molecular complexity index is 543. The van der Waals surface area contributed by atoms with Crippen molar-refractivity contribution in [3.63, 3.8) is 0 Å². The number of hydrogen-bond donors (Lipinski definition) is 1. The molecular formula is C19H25NO. The van der Waals surface area contributed by atoms with E-state index >= 15 is 0 Å². The van der Waals surface area contributed by atoms with Crippen molar-refractivity contribution < 1.29 is 4.74 Å². The summed E-state index contributed by atoms with van der Waals surface area (Å²) in [5.74, 6) is 1.45. The number of hydrogen-bond acceptors (Lipinski definition) is 2. The molecule has 21 heavy (non-hydrogen) atoms. The molecule has 0 saturated carbocycles. The number of nitrogens with two attached hydrogens (primary N) is 1. The van der Waals surface area contributed by atoms with Crippen molar-refractivity contribution in [2.75, 3.05) is 0 Å². The van der Waals surface area contributed by atoms with Gasteiger partial charge >= 0.3 is 0 Å². The molecule has 0 heterocycles. The highest BCUT2D eigenvalue weighted by Crippen LogP contribution is 2.20. The highest BCUT2D eigenvalue weighted by Gasteiger charge is 2.03. The van der Waals surface area contributed by atoms with Crippen LogP contribution in [0.25, 0.3) is 0 Å². The third-order valence-electron chi connectivity index (χ3n) is 3.80.